The van der Waals surface area contributed by atoms with Gasteiger partial charge in [-0.2, -0.15) is 0 Å². The first-order valence-corrected chi connectivity index (χ1v) is 9.42. The maximum absolute atomic E-state index is 13.9. The van der Waals surface area contributed by atoms with Gasteiger partial charge in [-0.15, -0.1) is 0 Å². The number of hydrogen-bond donors (Lipinski definition) is 1. The molecule has 2 aromatic carbocycles. The van der Waals surface area contributed by atoms with Gasteiger partial charge in [0.15, 0.2) is 0 Å². The first-order valence-electron chi connectivity index (χ1n) is 8.66. The van der Waals surface area contributed by atoms with E-state index >= 15 is 0 Å². The number of amides is 1. The third kappa shape index (κ3) is 4.56. The molecule has 1 N–H and O–H groups in total. The predicted molar refractivity (Wildman–Crippen MR) is 104 cm³/mol. The zero-order valence-electron chi connectivity index (χ0n) is 14.6. The molecule has 0 saturated carbocycles. The molecule has 3 rings (SSSR count). The van der Waals surface area contributed by atoms with E-state index in [1.165, 1.54) is 6.07 Å². The summed E-state index contributed by atoms with van der Waals surface area (Å²) in [6.07, 6.45) is 1.47. The number of piperidine rings is 1. The van der Waals surface area contributed by atoms with E-state index in [1.807, 2.05) is 19.1 Å². The second kappa shape index (κ2) is 8.38. The Morgan fingerprint density at radius 2 is 1.92 bits per heavy atom. The summed E-state index contributed by atoms with van der Waals surface area (Å²) in [6, 6.07) is 10.2. The molecule has 1 aliphatic rings. The SMILES string of the molecule is Cc1ccc(NC(=O)C2CCN(Cc3c(F)cccc3Cl)CC2)cc1Cl. The van der Waals surface area contributed by atoms with Crippen LogP contribution in [0.3, 0.4) is 0 Å². The molecule has 0 aromatic heterocycles. The summed E-state index contributed by atoms with van der Waals surface area (Å²) in [5.41, 5.74) is 2.21. The van der Waals surface area contributed by atoms with Crippen molar-refractivity contribution in [2.45, 2.75) is 26.3 Å². The van der Waals surface area contributed by atoms with Crippen molar-refractivity contribution in [3.63, 3.8) is 0 Å². The summed E-state index contributed by atoms with van der Waals surface area (Å²) in [7, 11) is 0. The number of benzene rings is 2. The second-order valence-electron chi connectivity index (χ2n) is 6.70. The highest BCUT2D eigenvalue weighted by atomic mass is 35.5. The van der Waals surface area contributed by atoms with Crippen molar-refractivity contribution in [3.8, 4) is 0 Å². The first-order chi connectivity index (χ1) is 12.4. The number of halogens is 3. The molecule has 0 unspecified atom stereocenters. The van der Waals surface area contributed by atoms with E-state index in [0.29, 0.717) is 27.8 Å². The molecule has 138 valence electrons. The van der Waals surface area contributed by atoms with Crippen LogP contribution in [0.1, 0.15) is 24.0 Å². The molecular formula is C20H21Cl2FN2O. The fourth-order valence-electron chi connectivity index (χ4n) is 3.18. The Morgan fingerprint density at radius 1 is 1.19 bits per heavy atom. The van der Waals surface area contributed by atoms with Gasteiger partial charge in [0.25, 0.3) is 0 Å². The number of anilines is 1. The van der Waals surface area contributed by atoms with Gasteiger partial charge >= 0.3 is 0 Å². The number of hydrogen-bond acceptors (Lipinski definition) is 2. The lowest BCUT2D eigenvalue weighted by atomic mass is 9.95. The molecule has 0 bridgehead atoms. The lowest BCUT2D eigenvalue weighted by Gasteiger charge is -2.31. The van der Waals surface area contributed by atoms with Crippen molar-refractivity contribution < 1.29 is 9.18 Å². The monoisotopic (exact) mass is 394 g/mol. The minimum atomic E-state index is -0.284. The van der Waals surface area contributed by atoms with Gasteiger partial charge in [-0.1, -0.05) is 35.3 Å². The number of carbonyl (C=O) groups is 1. The normalized spacial score (nSPS) is 15.8. The molecule has 1 amide bonds. The average Bonchev–Trinajstić information content (AvgIpc) is 2.62. The molecule has 26 heavy (non-hydrogen) atoms. The van der Waals surface area contributed by atoms with Crippen LogP contribution >= 0.6 is 23.2 Å². The molecular weight excluding hydrogens is 374 g/mol. The molecule has 1 aliphatic heterocycles. The maximum atomic E-state index is 13.9. The summed E-state index contributed by atoms with van der Waals surface area (Å²) in [6.45, 7) is 3.85. The third-order valence-corrected chi connectivity index (χ3v) is 5.60. The van der Waals surface area contributed by atoms with Crippen LogP contribution in [0.4, 0.5) is 10.1 Å². The standard InChI is InChI=1S/C20H21Cl2FN2O/c1-13-5-6-15(11-18(13)22)24-20(26)14-7-9-25(10-8-14)12-16-17(21)3-2-4-19(16)23/h2-6,11,14H,7-10,12H2,1H3,(H,24,26). The van der Waals surface area contributed by atoms with Crippen LogP contribution in [0.2, 0.25) is 10.0 Å². The van der Waals surface area contributed by atoms with E-state index in [0.717, 1.165) is 31.5 Å². The van der Waals surface area contributed by atoms with Gasteiger partial charge < -0.3 is 5.32 Å². The van der Waals surface area contributed by atoms with Gasteiger partial charge in [-0.3, -0.25) is 9.69 Å². The van der Waals surface area contributed by atoms with Crippen LogP contribution in [-0.2, 0) is 11.3 Å². The zero-order valence-corrected chi connectivity index (χ0v) is 16.1. The molecule has 0 spiro atoms. The van der Waals surface area contributed by atoms with Crippen molar-refractivity contribution in [1.29, 1.82) is 0 Å². The van der Waals surface area contributed by atoms with Crippen molar-refractivity contribution >= 4 is 34.8 Å². The number of carbonyl (C=O) groups excluding carboxylic acids is 1. The topological polar surface area (TPSA) is 32.3 Å². The minimum Gasteiger partial charge on any atom is -0.326 e. The van der Waals surface area contributed by atoms with Gasteiger partial charge in [0.1, 0.15) is 5.82 Å². The second-order valence-corrected chi connectivity index (χ2v) is 7.52. The molecule has 3 nitrogen and oxygen atoms in total. The van der Waals surface area contributed by atoms with Gasteiger partial charge in [0.2, 0.25) is 5.91 Å². The Kier molecular flexibility index (Phi) is 6.17. The van der Waals surface area contributed by atoms with E-state index in [-0.39, 0.29) is 17.6 Å². The highest BCUT2D eigenvalue weighted by molar-refractivity contribution is 6.31. The highest BCUT2D eigenvalue weighted by Crippen LogP contribution is 2.26. The predicted octanol–water partition coefficient (Wildman–Crippen LogP) is 5.29. The molecule has 2 aromatic rings. The van der Waals surface area contributed by atoms with Crippen LogP contribution in [0.25, 0.3) is 0 Å². The first kappa shape index (κ1) is 19.2. The summed E-state index contributed by atoms with van der Waals surface area (Å²) in [4.78, 5) is 14.6. The Labute approximate surface area is 163 Å². The van der Waals surface area contributed by atoms with Gasteiger partial charge in [-0.25, -0.2) is 4.39 Å². The Morgan fingerprint density at radius 3 is 2.58 bits per heavy atom. The Balaban J connectivity index is 1.54. The Bertz CT molecular complexity index is 784. The molecule has 1 heterocycles. The fraction of sp³-hybridized carbons (Fsp3) is 0.350. The van der Waals surface area contributed by atoms with Gasteiger partial charge in [0, 0.05) is 33.8 Å². The van der Waals surface area contributed by atoms with Crippen LogP contribution < -0.4 is 5.32 Å². The number of aryl methyl sites for hydroxylation is 1. The maximum Gasteiger partial charge on any atom is 0.227 e. The lowest BCUT2D eigenvalue weighted by Crippen LogP contribution is -2.38. The van der Waals surface area contributed by atoms with E-state index < -0.39 is 0 Å². The Hall–Kier alpha value is -1.62. The molecule has 6 heteroatoms. The minimum absolute atomic E-state index is 0.00786. The van der Waals surface area contributed by atoms with Crippen molar-refractivity contribution in [1.82, 2.24) is 4.90 Å². The van der Waals surface area contributed by atoms with Crippen LogP contribution in [-0.4, -0.2) is 23.9 Å². The van der Waals surface area contributed by atoms with Crippen LogP contribution in [0.15, 0.2) is 36.4 Å². The van der Waals surface area contributed by atoms with Crippen LogP contribution in [0.5, 0.6) is 0 Å². The highest BCUT2D eigenvalue weighted by Gasteiger charge is 2.26. The summed E-state index contributed by atoms with van der Waals surface area (Å²) < 4.78 is 13.9. The van der Waals surface area contributed by atoms with E-state index in [4.69, 9.17) is 23.2 Å². The smallest absolute Gasteiger partial charge is 0.227 e. The van der Waals surface area contributed by atoms with E-state index in [1.54, 1.807) is 18.2 Å². The quantitative estimate of drug-likeness (QED) is 0.763. The molecule has 0 radical (unpaired) electrons. The number of likely N-dealkylation sites (tertiary alicyclic amines) is 1. The average molecular weight is 395 g/mol. The zero-order chi connectivity index (χ0) is 18.7. The van der Waals surface area contributed by atoms with Crippen LogP contribution in [0, 0.1) is 18.7 Å². The molecule has 1 fully saturated rings. The van der Waals surface area contributed by atoms with E-state index in [2.05, 4.69) is 10.2 Å². The number of nitrogens with zero attached hydrogens (tertiary/aromatic N) is 1. The van der Waals surface area contributed by atoms with E-state index in [9.17, 15) is 9.18 Å². The number of rotatable bonds is 4. The van der Waals surface area contributed by atoms with Gasteiger partial charge in [0.05, 0.1) is 0 Å². The summed E-state index contributed by atoms with van der Waals surface area (Å²) in [5.74, 6) is -0.329. The fourth-order valence-corrected chi connectivity index (χ4v) is 3.58. The van der Waals surface area contributed by atoms with Crippen molar-refractivity contribution in [2.24, 2.45) is 5.92 Å². The molecule has 0 atom stereocenters. The molecule has 1 saturated heterocycles. The third-order valence-electron chi connectivity index (χ3n) is 4.84. The lowest BCUT2D eigenvalue weighted by molar-refractivity contribution is -0.121. The van der Waals surface area contributed by atoms with Crippen molar-refractivity contribution in [3.05, 3.63) is 63.4 Å². The van der Waals surface area contributed by atoms with Crippen molar-refractivity contribution in [2.75, 3.05) is 18.4 Å². The largest absolute Gasteiger partial charge is 0.326 e. The summed E-state index contributed by atoms with van der Waals surface area (Å²) >= 11 is 12.2. The number of nitrogens with one attached hydrogen (secondary N) is 1. The van der Waals surface area contributed by atoms with Gasteiger partial charge in [-0.05, 0) is 62.7 Å². The molecule has 0 aliphatic carbocycles. The summed E-state index contributed by atoms with van der Waals surface area (Å²) in [5, 5.41) is 4.02.